The summed E-state index contributed by atoms with van der Waals surface area (Å²) in [5.41, 5.74) is 2.07. The molecule has 4 nitrogen and oxygen atoms in total. The van der Waals surface area contributed by atoms with Crippen molar-refractivity contribution in [2.24, 2.45) is 0 Å². The molecule has 1 atom stereocenters. The van der Waals surface area contributed by atoms with Crippen LogP contribution in [-0.4, -0.2) is 27.9 Å². The molecule has 1 amide bonds. The Morgan fingerprint density at radius 3 is 2.62 bits per heavy atom. The highest BCUT2D eigenvalue weighted by atomic mass is 16.3. The van der Waals surface area contributed by atoms with Crippen LogP contribution in [0, 0.1) is 0 Å². The smallest absolute Gasteiger partial charge is 0.223 e. The number of pyridine rings is 1. The molecule has 2 aromatic rings. The van der Waals surface area contributed by atoms with Crippen molar-refractivity contribution in [3.8, 4) is 5.75 Å². The minimum Gasteiger partial charge on any atom is -0.508 e. The Balaban J connectivity index is 1.94. The molecular formula is C17H20N2O2. The van der Waals surface area contributed by atoms with E-state index in [2.05, 4.69) is 4.98 Å². The number of phenols is 1. The molecule has 0 saturated heterocycles. The van der Waals surface area contributed by atoms with Crippen molar-refractivity contribution in [1.29, 1.82) is 0 Å². The van der Waals surface area contributed by atoms with Gasteiger partial charge in [0.05, 0.1) is 6.04 Å². The molecule has 0 spiro atoms. The summed E-state index contributed by atoms with van der Waals surface area (Å²) < 4.78 is 0. The third-order valence-corrected chi connectivity index (χ3v) is 3.70. The summed E-state index contributed by atoms with van der Waals surface area (Å²) in [4.78, 5) is 18.0. The molecule has 0 bridgehead atoms. The van der Waals surface area contributed by atoms with Gasteiger partial charge in [0.2, 0.25) is 5.91 Å². The van der Waals surface area contributed by atoms with E-state index in [9.17, 15) is 9.90 Å². The summed E-state index contributed by atoms with van der Waals surface area (Å²) in [7, 11) is 1.81. The molecule has 0 fully saturated rings. The van der Waals surface area contributed by atoms with Crippen molar-refractivity contribution < 1.29 is 9.90 Å². The van der Waals surface area contributed by atoms with Crippen LogP contribution < -0.4 is 0 Å². The number of phenolic OH excluding ortho intramolecular Hbond substituents is 1. The second-order valence-electron chi connectivity index (χ2n) is 5.13. The number of amides is 1. The van der Waals surface area contributed by atoms with Crippen LogP contribution in [0.2, 0.25) is 0 Å². The molecule has 110 valence electrons. The Hall–Kier alpha value is -2.36. The normalized spacial score (nSPS) is 11.9. The second-order valence-corrected chi connectivity index (χ2v) is 5.13. The maximum Gasteiger partial charge on any atom is 0.223 e. The van der Waals surface area contributed by atoms with Crippen molar-refractivity contribution in [3.05, 3.63) is 59.9 Å². The van der Waals surface area contributed by atoms with E-state index in [-0.39, 0.29) is 17.7 Å². The highest BCUT2D eigenvalue weighted by molar-refractivity contribution is 5.76. The molecule has 0 aliphatic rings. The SMILES string of the molecule is CC(c1ccc(O)cc1)N(C)C(=O)CCc1cccnc1. The molecule has 21 heavy (non-hydrogen) atoms. The quantitative estimate of drug-likeness (QED) is 0.918. The lowest BCUT2D eigenvalue weighted by atomic mass is 10.1. The molecule has 1 aromatic carbocycles. The number of hydrogen-bond donors (Lipinski definition) is 1. The summed E-state index contributed by atoms with van der Waals surface area (Å²) in [5, 5.41) is 9.31. The Morgan fingerprint density at radius 2 is 2.00 bits per heavy atom. The summed E-state index contributed by atoms with van der Waals surface area (Å²) in [6.07, 6.45) is 4.67. The van der Waals surface area contributed by atoms with Crippen LogP contribution in [0.25, 0.3) is 0 Å². The Bertz CT molecular complexity index is 581. The van der Waals surface area contributed by atoms with Crippen molar-refractivity contribution >= 4 is 5.91 Å². The van der Waals surface area contributed by atoms with Gasteiger partial charge in [-0.05, 0) is 42.7 Å². The minimum atomic E-state index is -0.0213. The monoisotopic (exact) mass is 284 g/mol. The van der Waals surface area contributed by atoms with E-state index < -0.39 is 0 Å². The van der Waals surface area contributed by atoms with E-state index in [0.29, 0.717) is 12.8 Å². The average Bonchev–Trinajstić information content (AvgIpc) is 2.53. The Kier molecular flexibility index (Phi) is 4.93. The number of hydrogen-bond acceptors (Lipinski definition) is 3. The van der Waals surface area contributed by atoms with Gasteiger partial charge in [-0.3, -0.25) is 9.78 Å². The number of nitrogens with zero attached hydrogens (tertiary/aromatic N) is 2. The summed E-state index contributed by atoms with van der Waals surface area (Å²) in [6.45, 7) is 1.98. The van der Waals surface area contributed by atoms with E-state index in [1.807, 2.05) is 38.2 Å². The van der Waals surface area contributed by atoms with Gasteiger partial charge in [-0.25, -0.2) is 0 Å². The Labute approximate surface area is 125 Å². The van der Waals surface area contributed by atoms with Gasteiger partial charge in [0, 0.05) is 25.9 Å². The first kappa shape index (κ1) is 15.0. The largest absolute Gasteiger partial charge is 0.508 e. The second kappa shape index (κ2) is 6.88. The van der Waals surface area contributed by atoms with Gasteiger partial charge >= 0.3 is 0 Å². The van der Waals surface area contributed by atoms with E-state index in [1.165, 1.54) is 0 Å². The third-order valence-electron chi connectivity index (χ3n) is 3.70. The first-order valence-electron chi connectivity index (χ1n) is 7.01. The van der Waals surface area contributed by atoms with Crippen LogP contribution in [-0.2, 0) is 11.2 Å². The van der Waals surface area contributed by atoms with Crippen LogP contribution >= 0.6 is 0 Å². The standard InChI is InChI=1S/C17H20N2O2/c1-13(15-6-8-16(20)9-7-15)19(2)17(21)10-5-14-4-3-11-18-12-14/h3-4,6-9,11-13,20H,5,10H2,1-2H3. The molecule has 0 aliphatic heterocycles. The number of aryl methyl sites for hydroxylation is 1. The fourth-order valence-corrected chi connectivity index (χ4v) is 2.17. The van der Waals surface area contributed by atoms with Crippen LogP contribution in [0.4, 0.5) is 0 Å². The number of rotatable bonds is 5. The average molecular weight is 284 g/mol. The highest BCUT2D eigenvalue weighted by Crippen LogP contribution is 2.21. The first-order chi connectivity index (χ1) is 10.1. The summed E-state index contributed by atoms with van der Waals surface area (Å²) >= 11 is 0. The molecule has 0 saturated carbocycles. The van der Waals surface area contributed by atoms with Gasteiger partial charge in [-0.1, -0.05) is 18.2 Å². The number of aromatic hydroxyl groups is 1. The molecular weight excluding hydrogens is 264 g/mol. The van der Waals surface area contributed by atoms with Crippen molar-refractivity contribution in [2.75, 3.05) is 7.05 Å². The summed E-state index contributed by atoms with van der Waals surface area (Å²) in [5.74, 6) is 0.330. The van der Waals surface area contributed by atoms with Gasteiger partial charge in [0.15, 0.2) is 0 Å². The van der Waals surface area contributed by atoms with Crippen LogP contribution in [0.5, 0.6) is 5.75 Å². The Morgan fingerprint density at radius 1 is 1.29 bits per heavy atom. The molecule has 1 N–H and O–H groups in total. The maximum atomic E-state index is 12.3. The van der Waals surface area contributed by atoms with Gasteiger partial charge in [-0.15, -0.1) is 0 Å². The zero-order chi connectivity index (χ0) is 15.2. The van der Waals surface area contributed by atoms with E-state index in [4.69, 9.17) is 0 Å². The first-order valence-corrected chi connectivity index (χ1v) is 7.01. The van der Waals surface area contributed by atoms with Gasteiger partial charge in [0.25, 0.3) is 0 Å². The number of aromatic nitrogens is 1. The maximum absolute atomic E-state index is 12.3. The lowest BCUT2D eigenvalue weighted by Gasteiger charge is -2.25. The molecule has 4 heteroatoms. The molecule has 0 radical (unpaired) electrons. The van der Waals surface area contributed by atoms with Gasteiger partial charge in [-0.2, -0.15) is 0 Å². The lowest BCUT2D eigenvalue weighted by molar-refractivity contribution is -0.131. The molecule has 1 unspecified atom stereocenters. The lowest BCUT2D eigenvalue weighted by Crippen LogP contribution is -2.29. The fraction of sp³-hybridized carbons (Fsp3) is 0.294. The zero-order valence-electron chi connectivity index (χ0n) is 12.4. The van der Waals surface area contributed by atoms with E-state index >= 15 is 0 Å². The molecule has 1 heterocycles. The fourth-order valence-electron chi connectivity index (χ4n) is 2.17. The number of carbonyl (C=O) groups excluding carboxylic acids is 1. The van der Waals surface area contributed by atoms with Crippen molar-refractivity contribution in [2.45, 2.75) is 25.8 Å². The highest BCUT2D eigenvalue weighted by Gasteiger charge is 2.17. The number of benzene rings is 1. The topological polar surface area (TPSA) is 53.4 Å². The van der Waals surface area contributed by atoms with Crippen LogP contribution in [0.15, 0.2) is 48.8 Å². The van der Waals surface area contributed by atoms with Crippen LogP contribution in [0.1, 0.15) is 30.5 Å². The van der Waals surface area contributed by atoms with E-state index in [0.717, 1.165) is 11.1 Å². The molecule has 0 aliphatic carbocycles. The molecule has 2 rings (SSSR count). The molecule has 1 aromatic heterocycles. The third kappa shape index (κ3) is 4.05. The van der Waals surface area contributed by atoms with Crippen molar-refractivity contribution in [3.63, 3.8) is 0 Å². The predicted octanol–water partition coefficient (Wildman–Crippen LogP) is 2.94. The van der Waals surface area contributed by atoms with Crippen LogP contribution in [0.3, 0.4) is 0 Å². The van der Waals surface area contributed by atoms with Gasteiger partial charge in [0.1, 0.15) is 5.75 Å². The zero-order valence-corrected chi connectivity index (χ0v) is 12.4. The number of carbonyl (C=O) groups is 1. The van der Waals surface area contributed by atoms with E-state index in [1.54, 1.807) is 29.4 Å². The summed E-state index contributed by atoms with van der Waals surface area (Å²) in [6, 6.07) is 10.8. The predicted molar refractivity (Wildman–Crippen MR) is 81.8 cm³/mol. The van der Waals surface area contributed by atoms with Crippen molar-refractivity contribution in [1.82, 2.24) is 9.88 Å². The minimum absolute atomic E-state index is 0.0213. The van der Waals surface area contributed by atoms with Gasteiger partial charge < -0.3 is 10.0 Å².